The Balaban J connectivity index is 1.98. The molecule has 0 aliphatic carbocycles. The summed E-state index contributed by atoms with van der Waals surface area (Å²) in [5, 5.41) is 6.88. The van der Waals surface area contributed by atoms with E-state index in [1.54, 1.807) is 4.57 Å². The number of rotatable bonds is 4. The van der Waals surface area contributed by atoms with Crippen LogP contribution in [0.2, 0.25) is 0 Å². The highest BCUT2D eigenvalue weighted by Gasteiger charge is 2.29. The zero-order valence-corrected chi connectivity index (χ0v) is 18.4. The molecule has 1 aromatic carbocycles. The van der Waals surface area contributed by atoms with Crippen LogP contribution in [0.15, 0.2) is 29.1 Å². The molecule has 4 rings (SSSR count). The zero-order valence-electron chi connectivity index (χ0n) is 18.4. The van der Waals surface area contributed by atoms with E-state index in [9.17, 15) is 9.59 Å². The van der Waals surface area contributed by atoms with Crippen molar-refractivity contribution in [3.05, 3.63) is 45.9 Å². The minimum atomic E-state index is -0.252. The number of nitrogens with zero attached hydrogens (tertiary/aromatic N) is 2. The molecule has 0 saturated carbocycles. The highest BCUT2D eigenvalue weighted by Crippen LogP contribution is 2.33. The summed E-state index contributed by atoms with van der Waals surface area (Å²) in [4.78, 5) is 33.9. The SMILES string of the molecule is CCC(C)n1c(NC(C)(C)C)nc2c(-c3cc4c([nH]3)C(C)NC4=O)cccc2c1=O. The molecule has 2 aromatic heterocycles. The van der Waals surface area contributed by atoms with Crippen molar-refractivity contribution in [2.45, 2.75) is 65.6 Å². The van der Waals surface area contributed by atoms with Gasteiger partial charge in [-0.25, -0.2) is 4.98 Å². The highest BCUT2D eigenvalue weighted by molar-refractivity contribution is 6.01. The van der Waals surface area contributed by atoms with Gasteiger partial charge in [0.25, 0.3) is 11.5 Å². The lowest BCUT2D eigenvalue weighted by Gasteiger charge is -2.26. The third-order valence-corrected chi connectivity index (χ3v) is 5.61. The van der Waals surface area contributed by atoms with Gasteiger partial charge in [-0.2, -0.15) is 0 Å². The van der Waals surface area contributed by atoms with Gasteiger partial charge in [-0.15, -0.1) is 0 Å². The van der Waals surface area contributed by atoms with Crippen LogP contribution in [0.5, 0.6) is 0 Å². The molecule has 30 heavy (non-hydrogen) atoms. The number of anilines is 1. The number of amides is 1. The number of nitrogens with one attached hydrogen (secondary N) is 3. The van der Waals surface area contributed by atoms with Gasteiger partial charge in [-0.05, 0) is 53.2 Å². The van der Waals surface area contributed by atoms with Crippen LogP contribution in [-0.4, -0.2) is 26.0 Å². The number of para-hydroxylation sites is 1. The van der Waals surface area contributed by atoms with Crippen molar-refractivity contribution in [1.29, 1.82) is 0 Å². The van der Waals surface area contributed by atoms with Crippen LogP contribution < -0.4 is 16.2 Å². The molecule has 0 radical (unpaired) electrons. The van der Waals surface area contributed by atoms with E-state index in [-0.39, 0.29) is 29.1 Å². The second-order valence-electron chi connectivity index (χ2n) is 9.15. The van der Waals surface area contributed by atoms with E-state index in [1.807, 2.05) is 58.9 Å². The molecule has 1 aliphatic rings. The Bertz CT molecular complexity index is 1200. The predicted octanol–water partition coefficient (Wildman–Crippen LogP) is 4.38. The van der Waals surface area contributed by atoms with Gasteiger partial charge in [0.15, 0.2) is 0 Å². The van der Waals surface area contributed by atoms with Gasteiger partial charge in [0.05, 0.1) is 28.2 Å². The molecule has 1 aliphatic heterocycles. The summed E-state index contributed by atoms with van der Waals surface area (Å²) in [6.45, 7) is 12.2. The standard InChI is InChI=1S/C23H29N5O2/c1-7-12(2)28-21(30)15-10-8-9-14(19(15)26-22(28)27-23(4,5)6)17-11-16-18(25-17)13(3)24-20(16)29/h8-13,25H,7H2,1-6H3,(H,24,29)(H,26,27). The fraction of sp³-hybridized carbons (Fsp3) is 0.435. The first-order chi connectivity index (χ1) is 14.1. The van der Waals surface area contributed by atoms with E-state index in [0.29, 0.717) is 22.4 Å². The molecule has 7 nitrogen and oxygen atoms in total. The molecular formula is C23H29N5O2. The topological polar surface area (TPSA) is 91.8 Å². The fourth-order valence-electron chi connectivity index (χ4n) is 3.95. The number of H-pyrrole nitrogens is 1. The lowest BCUT2D eigenvalue weighted by molar-refractivity contribution is 0.0958. The summed E-state index contributed by atoms with van der Waals surface area (Å²) in [7, 11) is 0. The minimum Gasteiger partial charge on any atom is -0.356 e. The summed E-state index contributed by atoms with van der Waals surface area (Å²) in [5.41, 5.74) is 3.44. The van der Waals surface area contributed by atoms with Gasteiger partial charge < -0.3 is 15.6 Å². The number of aromatic amines is 1. The molecule has 3 aromatic rings. The largest absolute Gasteiger partial charge is 0.356 e. The van der Waals surface area contributed by atoms with Crippen LogP contribution in [0.4, 0.5) is 5.95 Å². The summed E-state index contributed by atoms with van der Waals surface area (Å²) >= 11 is 0. The molecule has 158 valence electrons. The molecule has 2 unspecified atom stereocenters. The molecule has 0 spiro atoms. The van der Waals surface area contributed by atoms with E-state index in [4.69, 9.17) is 4.98 Å². The van der Waals surface area contributed by atoms with Crippen LogP contribution >= 0.6 is 0 Å². The van der Waals surface area contributed by atoms with E-state index in [2.05, 4.69) is 22.5 Å². The average Bonchev–Trinajstić information content (AvgIpc) is 3.21. The number of carbonyl (C=O) groups is 1. The average molecular weight is 408 g/mol. The Hall–Kier alpha value is -3.09. The van der Waals surface area contributed by atoms with Gasteiger partial charge in [-0.1, -0.05) is 19.1 Å². The van der Waals surface area contributed by atoms with E-state index in [1.165, 1.54) is 0 Å². The summed E-state index contributed by atoms with van der Waals surface area (Å²) in [6.07, 6.45) is 0.821. The third-order valence-electron chi connectivity index (χ3n) is 5.61. The van der Waals surface area contributed by atoms with E-state index < -0.39 is 0 Å². The molecule has 2 atom stereocenters. The molecule has 3 N–H and O–H groups in total. The van der Waals surface area contributed by atoms with Gasteiger partial charge in [0.1, 0.15) is 0 Å². The lowest BCUT2D eigenvalue weighted by atomic mass is 10.1. The molecule has 0 bridgehead atoms. The third kappa shape index (κ3) is 3.28. The quantitative estimate of drug-likeness (QED) is 0.599. The number of hydrogen-bond acceptors (Lipinski definition) is 4. The van der Waals surface area contributed by atoms with Gasteiger partial charge in [0, 0.05) is 22.8 Å². The number of carbonyl (C=O) groups excluding carboxylic acids is 1. The zero-order chi connectivity index (χ0) is 21.8. The smallest absolute Gasteiger partial charge is 0.263 e. The lowest BCUT2D eigenvalue weighted by Crippen LogP contribution is -2.34. The van der Waals surface area contributed by atoms with E-state index >= 15 is 0 Å². The number of hydrogen-bond donors (Lipinski definition) is 3. The summed E-state index contributed by atoms with van der Waals surface area (Å²) in [6, 6.07) is 7.43. The van der Waals surface area contributed by atoms with Crippen molar-refractivity contribution in [3.63, 3.8) is 0 Å². The predicted molar refractivity (Wildman–Crippen MR) is 120 cm³/mol. The Morgan fingerprint density at radius 2 is 1.97 bits per heavy atom. The maximum atomic E-state index is 13.5. The Labute approximate surface area is 175 Å². The first kappa shape index (κ1) is 20.2. The van der Waals surface area contributed by atoms with Crippen LogP contribution in [0, 0.1) is 0 Å². The Morgan fingerprint density at radius 3 is 2.60 bits per heavy atom. The second-order valence-corrected chi connectivity index (χ2v) is 9.15. The van der Waals surface area contributed by atoms with Crippen LogP contribution in [0.3, 0.4) is 0 Å². The van der Waals surface area contributed by atoms with Crippen molar-refractivity contribution < 1.29 is 4.79 Å². The molecule has 0 fully saturated rings. The maximum absolute atomic E-state index is 13.5. The van der Waals surface area contributed by atoms with Crippen LogP contribution in [0.1, 0.15) is 76.1 Å². The maximum Gasteiger partial charge on any atom is 0.263 e. The summed E-state index contributed by atoms with van der Waals surface area (Å²) < 4.78 is 1.75. The van der Waals surface area contributed by atoms with Crippen molar-refractivity contribution in [1.82, 2.24) is 19.9 Å². The summed E-state index contributed by atoms with van der Waals surface area (Å²) in [5.74, 6) is 0.481. The first-order valence-corrected chi connectivity index (χ1v) is 10.5. The highest BCUT2D eigenvalue weighted by atomic mass is 16.2. The van der Waals surface area contributed by atoms with Crippen LogP contribution in [0.25, 0.3) is 22.2 Å². The molecule has 7 heteroatoms. The molecule has 1 amide bonds. The normalized spacial score (nSPS) is 17.1. The molecule has 0 saturated heterocycles. The number of benzene rings is 1. The minimum absolute atomic E-state index is 0.0155. The van der Waals surface area contributed by atoms with Crippen molar-refractivity contribution in [2.75, 3.05) is 5.32 Å². The van der Waals surface area contributed by atoms with Crippen molar-refractivity contribution in [3.8, 4) is 11.3 Å². The fourth-order valence-corrected chi connectivity index (χ4v) is 3.95. The van der Waals surface area contributed by atoms with Crippen molar-refractivity contribution >= 4 is 22.8 Å². The first-order valence-electron chi connectivity index (χ1n) is 10.5. The monoisotopic (exact) mass is 407 g/mol. The van der Waals surface area contributed by atoms with Crippen molar-refractivity contribution in [2.24, 2.45) is 0 Å². The number of fused-ring (bicyclic) bond motifs is 2. The van der Waals surface area contributed by atoms with Gasteiger partial charge in [-0.3, -0.25) is 14.2 Å². The second kappa shape index (κ2) is 7.00. The Morgan fingerprint density at radius 1 is 1.23 bits per heavy atom. The Kier molecular flexibility index (Phi) is 4.71. The molecular weight excluding hydrogens is 378 g/mol. The van der Waals surface area contributed by atoms with Crippen LogP contribution in [-0.2, 0) is 0 Å². The van der Waals surface area contributed by atoms with Gasteiger partial charge >= 0.3 is 0 Å². The molecule has 3 heterocycles. The van der Waals surface area contributed by atoms with E-state index in [0.717, 1.165) is 23.4 Å². The number of aromatic nitrogens is 3. The van der Waals surface area contributed by atoms with Gasteiger partial charge in [0.2, 0.25) is 5.95 Å².